The summed E-state index contributed by atoms with van der Waals surface area (Å²) in [4.78, 5) is 0. The molecule has 0 unspecified atom stereocenters. The Morgan fingerprint density at radius 1 is 1.45 bits per heavy atom. The highest BCUT2D eigenvalue weighted by Crippen LogP contribution is 2.23. The van der Waals surface area contributed by atoms with E-state index in [2.05, 4.69) is 37.8 Å². The first-order chi connectivity index (χ1) is 5.36. The van der Waals surface area contributed by atoms with Crippen LogP contribution in [0.25, 0.3) is 0 Å². The average molecular weight is 146 g/mol. The molecule has 58 valence electrons. The lowest BCUT2D eigenvalue weighted by Crippen LogP contribution is -1.67. The Morgan fingerprint density at radius 2 is 2.27 bits per heavy atom. The quantitative estimate of drug-likeness (QED) is 0.560. The van der Waals surface area contributed by atoms with E-state index >= 15 is 0 Å². The van der Waals surface area contributed by atoms with E-state index in [1.807, 2.05) is 6.08 Å². The lowest BCUT2D eigenvalue weighted by atomic mass is 10.2. The van der Waals surface area contributed by atoms with Crippen LogP contribution in [0.3, 0.4) is 0 Å². The van der Waals surface area contributed by atoms with Gasteiger partial charge in [-0.2, -0.15) is 0 Å². The molecule has 0 bridgehead atoms. The van der Waals surface area contributed by atoms with Crippen LogP contribution >= 0.6 is 0 Å². The summed E-state index contributed by atoms with van der Waals surface area (Å²) >= 11 is 0. The first-order valence-electron chi connectivity index (χ1n) is 4.01. The molecule has 0 aromatic rings. The van der Waals surface area contributed by atoms with Gasteiger partial charge in [0.2, 0.25) is 0 Å². The van der Waals surface area contributed by atoms with Gasteiger partial charge in [-0.1, -0.05) is 37.0 Å². The maximum Gasteiger partial charge on any atom is -0.0238 e. The maximum absolute atomic E-state index is 3.67. The molecule has 11 heavy (non-hydrogen) atoms. The van der Waals surface area contributed by atoms with Crippen molar-refractivity contribution in [3.63, 3.8) is 0 Å². The van der Waals surface area contributed by atoms with Crippen LogP contribution in [0.1, 0.15) is 19.8 Å². The van der Waals surface area contributed by atoms with Gasteiger partial charge < -0.3 is 0 Å². The normalized spacial score (nSPS) is 21.2. The van der Waals surface area contributed by atoms with Gasteiger partial charge in [0.05, 0.1) is 0 Å². The van der Waals surface area contributed by atoms with Gasteiger partial charge in [-0.3, -0.25) is 0 Å². The molecule has 0 N–H and O–H groups in total. The van der Waals surface area contributed by atoms with Crippen molar-refractivity contribution in [1.82, 2.24) is 0 Å². The van der Waals surface area contributed by atoms with E-state index < -0.39 is 0 Å². The van der Waals surface area contributed by atoms with E-state index in [0.29, 0.717) is 0 Å². The molecule has 1 rings (SSSR count). The molecular formula is C11H14. The zero-order valence-electron chi connectivity index (χ0n) is 7.01. The number of allylic oxidation sites excluding steroid dienone is 7. The molecule has 0 heteroatoms. The molecule has 0 nitrogen and oxygen atoms in total. The molecule has 0 saturated carbocycles. The Morgan fingerprint density at radius 3 is 2.91 bits per heavy atom. The van der Waals surface area contributed by atoms with Crippen molar-refractivity contribution < 1.29 is 0 Å². The van der Waals surface area contributed by atoms with Crippen molar-refractivity contribution in [3.05, 3.63) is 48.1 Å². The second-order valence-electron chi connectivity index (χ2n) is 2.70. The Hall–Kier alpha value is -1.04. The largest absolute Gasteiger partial charge is 0.0991 e. The molecule has 0 saturated heterocycles. The van der Waals surface area contributed by atoms with E-state index in [4.69, 9.17) is 0 Å². The van der Waals surface area contributed by atoms with Gasteiger partial charge in [0.1, 0.15) is 0 Å². The van der Waals surface area contributed by atoms with Crippen molar-refractivity contribution in [2.24, 2.45) is 0 Å². The van der Waals surface area contributed by atoms with Crippen LogP contribution in [-0.2, 0) is 0 Å². The lowest BCUT2D eigenvalue weighted by Gasteiger charge is -1.86. The van der Waals surface area contributed by atoms with Crippen LogP contribution < -0.4 is 0 Å². The van der Waals surface area contributed by atoms with Crippen LogP contribution in [0.5, 0.6) is 0 Å². The summed E-state index contributed by atoms with van der Waals surface area (Å²) in [6.07, 6.45) is 12.8. The first-order valence-corrected chi connectivity index (χ1v) is 4.01. The van der Waals surface area contributed by atoms with E-state index in [-0.39, 0.29) is 0 Å². The minimum absolute atomic E-state index is 1.17. The van der Waals surface area contributed by atoms with E-state index in [1.165, 1.54) is 24.0 Å². The summed E-state index contributed by atoms with van der Waals surface area (Å²) in [6, 6.07) is 0. The van der Waals surface area contributed by atoms with Gasteiger partial charge in [0, 0.05) is 0 Å². The lowest BCUT2D eigenvalue weighted by molar-refractivity contribution is 1.03. The highest BCUT2D eigenvalue weighted by Gasteiger charge is 2.04. The summed E-state index contributed by atoms with van der Waals surface area (Å²) in [5.41, 5.74) is 2.83. The molecule has 0 aliphatic heterocycles. The highest BCUT2D eigenvalue weighted by atomic mass is 14.1. The van der Waals surface area contributed by atoms with Gasteiger partial charge >= 0.3 is 0 Å². The van der Waals surface area contributed by atoms with E-state index in [0.717, 1.165) is 0 Å². The third-order valence-electron chi connectivity index (χ3n) is 1.79. The van der Waals surface area contributed by atoms with Crippen LogP contribution in [0.15, 0.2) is 48.1 Å². The third-order valence-corrected chi connectivity index (χ3v) is 1.79. The number of hydrogen-bond acceptors (Lipinski definition) is 0. The van der Waals surface area contributed by atoms with Crippen molar-refractivity contribution in [2.45, 2.75) is 19.8 Å². The molecule has 0 atom stereocenters. The van der Waals surface area contributed by atoms with Crippen molar-refractivity contribution in [1.29, 1.82) is 0 Å². The van der Waals surface area contributed by atoms with Gasteiger partial charge in [-0.15, -0.1) is 0 Å². The molecule has 1 aliphatic carbocycles. The summed E-state index contributed by atoms with van der Waals surface area (Å²) in [5, 5.41) is 0. The molecule has 0 radical (unpaired) electrons. The standard InChI is InChI=1S/C11H14/c1-3-5-10-7-8-11(9-10)6-4-2/h3-6,9H,1,7-8H2,2H3/b6-4-,10-5-. The van der Waals surface area contributed by atoms with Crippen LogP contribution in [-0.4, -0.2) is 0 Å². The Kier molecular flexibility index (Phi) is 2.91. The Bertz CT molecular complexity index is 226. The molecular weight excluding hydrogens is 132 g/mol. The summed E-state index contributed by atoms with van der Waals surface area (Å²) < 4.78 is 0. The Balaban J connectivity index is 2.68. The molecule has 0 aromatic heterocycles. The van der Waals surface area contributed by atoms with Crippen LogP contribution in [0.2, 0.25) is 0 Å². The monoisotopic (exact) mass is 146 g/mol. The second kappa shape index (κ2) is 3.97. The number of hydrogen-bond donors (Lipinski definition) is 0. The van der Waals surface area contributed by atoms with Gasteiger partial charge in [-0.05, 0) is 30.9 Å². The van der Waals surface area contributed by atoms with Crippen LogP contribution in [0.4, 0.5) is 0 Å². The molecule has 0 amide bonds. The number of rotatable bonds is 2. The molecule has 1 aliphatic rings. The van der Waals surface area contributed by atoms with Gasteiger partial charge in [0.25, 0.3) is 0 Å². The molecule has 0 heterocycles. The summed E-state index contributed by atoms with van der Waals surface area (Å²) in [5.74, 6) is 0. The predicted molar refractivity (Wildman–Crippen MR) is 50.4 cm³/mol. The van der Waals surface area contributed by atoms with Crippen molar-refractivity contribution in [3.8, 4) is 0 Å². The fraction of sp³-hybridized carbons (Fsp3) is 0.273. The summed E-state index contributed by atoms with van der Waals surface area (Å²) in [6.45, 7) is 5.72. The van der Waals surface area contributed by atoms with E-state index in [1.54, 1.807) is 0 Å². The topological polar surface area (TPSA) is 0 Å². The zero-order valence-corrected chi connectivity index (χ0v) is 7.01. The average Bonchev–Trinajstić information content (AvgIpc) is 2.38. The minimum atomic E-state index is 1.17. The summed E-state index contributed by atoms with van der Waals surface area (Å²) in [7, 11) is 0. The van der Waals surface area contributed by atoms with E-state index in [9.17, 15) is 0 Å². The third kappa shape index (κ3) is 2.23. The van der Waals surface area contributed by atoms with Gasteiger partial charge in [0.15, 0.2) is 0 Å². The SMILES string of the molecule is C=C/C=C1C=C(/C=C\C)CC\1. The van der Waals surface area contributed by atoms with Crippen molar-refractivity contribution in [2.75, 3.05) is 0 Å². The fourth-order valence-electron chi connectivity index (χ4n) is 1.30. The predicted octanol–water partition coefficient (Wildman–Crippen LogP) is 3.40. The van der Waals surface area contributed by atoms with Gasteiger partial charge in [-0.25, -0.2) is 0 Å². The minimum Gasteiger partial charge on any atom is -0.0991 e. The van der Waals surface area contributed by atoms with Crippen molar-refractivity contribution >= 4 is 0 Å². The fourth-order valence-corrected chi connectivity index (χ4v) is 1.30. The maximum atomic E-state index is 3.67. The smallest absolute Gasteiger partial charge is 0.0238 e. The molecule has 0 aromatic carbocycles. The molecule has 0 fully saturated rings. The second-order valence-corrected chi connectivity index (χ2v) is 2.70. The molecule has 0 spiro atoms. The highest BCUT2D eigenvalue weighted by molar-refractivity contribution is 5.37. The first kappa shape index (κ1) is 8.06. The Labute approximate surface area is 68.6 Å². The zero-order chi connectivity index (χ0) is 8.10. The van der Waals surface area contributed by atoms with Crippen LogP contribution in [0, 0.1) is 0 Å².